The van der Waals surface area contributed by atoms with Gasteiger partial charge < -0.3 is 4.90 Å². The van der Waals surface area contributed by atoms with E-state index < -0.39 is 0 Å². The van der Waals surface area contributed by atoms with E-state index in [1.54, 1.807) is 11.8 Å². The van der Waals surface area contributed by atoms with Crippen LogP contribution in [-0.4, -0.2) is 27.7 Å². The lowest BCUT2D eigenvalue weighted by Crippen LogP contribution is -2.40. The number of anilines is 1. The van der Waals surface area contributed by atoms with Gasteiger partial charge in [-0.25, -0.2) is 0 Å². The summed E-state index contributed by atoms with van der Waals surface area (Å²) < 4.78 is 0.713. The second kappa shape index (κ2) is 7.14. The summed E-state index contributed by atoms with van der Waals surface area (Å²) in [5, 5.41) is 1.71. The molecule has 3 nitrogen and oxygen atoms in total. The number of thiocarbonyl (C=S) groups is 1. The molecule has 3 aliphatic rings. The summed E-state index contributed by atoms with van der Waals surface area (Å²) in [7, 11) is 0. The first-order valence-electron chi connectivity index (χ1n) is 8.64. The first-order chi connectivity index (χ1) is 12.1. The van der Waals surface area contributed by atoms with Gasteiger partial charge >= 0.3 is 0 Å². The number of carbonyl (C=O) groups excluding carboxylic acids is 1. The van der Waals surface area contributed by atoms with E-state index in [0.717, 1.165) is 39.9 Å². The van der Waals surface area contributed by atoms with Gasteiger partial charge in [-0.05, 0) is 38.0 Å². The van der Waals surface area contributed by atoms with Crippen LogP contribution < -0.4 is 4.90 Å². The Kier molecular flexibility index (Phi) is 5.06. The van der Waals surface area contributed by atoms with Gasteiger partial charge in [0, 0.05) is 22.5 Å². The molecule has 1 amide bonds. The van der Waals surface area contributed by atoms with Crippen LogP contribution in [0, 0.1) is 0 Å². The predicted octanol–water partition coefficient (Wildman–Crippen LogP) is 5.63. The average Bonchev–Trinajstić information content (AvgIpc) is 3.11. The SMILES string of the molecule is CCN1/C(=C2/SC(=S)N(C3CCCCC3)C2=O)Sc2ccc(Cl)cc21. The summed E-state index contributed by atoms with van der Waals surface area (Å²) in [6, 6.07) is 6.18. The second-order valence-electron chi connectivity index (χ2n) is 6.43. The largest absolute Gasteiger partial charge is 0.334 e. The maximum atomic E-state index is 13.2. The van der Waals surface area contributed by atoms with Crippen molar-refractivity contribution in [1.29, 1.82) is 0 Å². The summed E-state index contributed by atoms with van der Waals surface area (Å²) in [4.78, 5) is 19.2. The Balaban J connectivity index is 1.69. The third-order valence-electron chi connectivity index (χ3n) is 4.91. The highest BCUT2D eigenvalue weighted by Crippen LogP contribution is 2.51. The van der Waals surface area contributed by atoms with Gasteiger partial charge in [0.15, 0.2) is 0 Å². The predicted molar refractivity (Wildman–Crippen MR) is 111 cm³/mol. The molecule has 2 aliphatic heterocycles. The molecular formula is C18H19ClN2OS3. The van der Waals surface area contributed by atoms with Crippen LogP contribution in [0.25, 0.3) is 0 Å². The molecule has 0 radical (unpaired) electrons. The van der Waals surface area contributed by atoms with Crippen LogP contribution in [0.1, 0.15) is 39.0 Å². The number of nitrogens with zero attached hydrogens (tertiary/aromatic N) is 2. The Bertz CT molecular complexity index is 774. The summed E-state index contributed by atoms with van der Waals surface area (Å²) in [6.07, 6.45) is 5.77. The molecule has 2 heterocycles. The van der Waals surface area contributed by atoms with Crippen LogP contribution in [-0.2, 0) is 4.79 Å². The molecule has 25 heavy (non-hydrogen) atoms. The number of hydrogen-bond acceptors (Lipinski definition) is 5. The first-order valence-corrected chi connectivity index (χ1v) is 11.1. The zero-order valence-corrected chi connectivity index (χ0v) is 17.2. The number of halogens is 1. The van der Waals surface area contributed by atoms with E-state index in [1.807, 2.05) is 23.1 Å². The number of thioether (sulfide) groups is 2. The maximum absolute atomic E-state index is 13.2. The lowest BCUT2D eigenvalue weighted by Gasteiger charge is -2.30. The Morgan fingerprint density at radius 2 is 2.00 bits per heavy atom. The Morgan fingerprint density at radius 1 is 1.24 bits per heavy atom. The van der Waals surface area contributed by atoms with Crippen molar-refractivity contribution in [2.24, 2.45) is 0 Å². The minimum atomic E-state index is 0.0850. The highest BCUT2D eigenvalue weighted by Gasteiger charge is 2.41. The minimum absolute atomic E-state index is 0.0850. The molecule has 0 bridgehead atoms. The molecule has 0 spiro atoms. The molecule has 1 saturated heterocycles. The number of benzene rings is 1. The summed E-state index contributed by atoms with van der Waals surface area (Å²) in [5.74, 6) is 0.0850. The number of hydrogen-bond donors (Lipinski definition) is 0. The highest BCUT2D eigenvalue weighted by atomic mass is 35.5. The third-order valence-corrected chi connectivity index (χ3v) is 7.85. The van der Waals surface area contributed by atoms with Gasteiger partial charge in [-0.15, -0.1) is 0 Å². The zero-order chi connectivity index (χ0) is 17.6. The van der Waals surface area contributed by atoms with E-state index in [9.17, 15) is 4.79 Å². The molecule has 1 aromatic rings. The number of amides is 1. The summed E-state index contributed by atoms with van der Waals surface area (Å²) >= 11 is 14.9. The molecule has 0 aromatic heterocycles. The smallest absolute Gasteiger partial charge is 0.269 e. The van der Waals surface area contributed by atoms with Gasteiger partial charge in [0.2, 0.25) is 0 Å². The summed E-state index contributed by atoms with van der Waals surface area (Å²) in [5.41, 5.74) is 1.08. The Labute approximate surface area is 167 Å². The number of carbonyl (C=O) groups is 1. The monoisotopic (exact) mass is 410 g/mol. The molecule has 0 unspecified atom stereocenters. The van der Waals surface area contributed by atoms with E-state index in [0.29, 0.717) is 9.34 Å². The lowest BCUT2D eigenvalue weighted by atomic mass is 9.94. The van der Waals surface area contributed by atoms with E-state index in [4.69, 9.17) is 23.8 Å². The minimum Gasteiger partial charge on any atom is -0.334 e. The van der Waals surface area contributed by atoms with Crippen molar-refractivity contribution in [1.82, 2.24) is 4.90 Å². The van der Waals surface area contributed by atoms with Gasteiger partial charge in [-0.1, -0.05) is 66.6 Å². The van der Waals surface area contributed by atoms with E-state index >= 15 is 0 Å². The normalized spacial score (nSPS) is 24.4. The molecule has 4 rings (SSSR count). The van der Waals surface area contributed by atoms with Crippen molar-refractivity contribution < 1.29 is 4.79 Å². The molecule has 2 fully saturated rings. The first kappa shape index (κ1) is 17.7. The number of fused-ring (bicyclic) bond motifs is 1. The molecule has 0 atom stereocenters. The van der Waals surface area contributed by atoms with Crippen molar-refractivity contribution in [3.05, 3.63) is 33.2 Å². The van der Waals surface area contributed by atoms with E-state index in [1.165, 1.54) is 31.0 Å². The summed E-state index contributed by atoms with van der Waals surface area (Å²) in [6.45, 7) is 2.89. The Hall–Kier alpha value is -0.690. The molecular weight excluding hydrogens is 392 g/mol. The van der Waals surface area contributed by atoms with Gasteiger partial charge in [-0.3, -0.25) is 9.69 Å². The van der Waals surface area contributed by atoms with Crippen LogP contribution in [0.2, 0.25) is 5.02 Å². The fraction of sp³-hybridized carbons (Fsp3) is 0.444. The highest BCUT2D eigenvalue weighted by molar-refractivity contribution is 8.27. The van der Waals surface area contributed by atoms with E-state index in [-0.39, 0.29) is 11.9 Å². The molecule has 7 heteroatoms. The molecule has 0 N–H and O–H groups in total. The van der Waals surface area contributed by atoms with Gasteiger partial charge in [0.1, 0.15) is 14.3 Å². The van der Waals surface area contributed by atoms with Gasteiger partial charge in [-0.2, -0.15) is 0 Å². The fourth-order valence-corrected chi connectivity index (χ4v) is 6.62. The van der Waals surface area contributed by atoms with Crippen LogP contribution in [0.3, 0.4) is 0 Å². The molecule has 132 valence electrons. The Morgan fingerprint density at radius 3 is 2.72 bits per heavy atom. The molecule has 1 saturated carbocycles. The van der Waals surface area contributed by atoms with Gasteiger partial charge in [0.05, 0.1) is 5.69 Å². The van der Waals surface area contributed by atoms with Crippen LogP contribution in [0.5, 0.6) is 0 Å². The maximum Gasteiger partial charge on any atom is 0.269 e. The van der Waals surface area contributed by atoms with Crippen molar-refractivity contribution in [3.63, 3.8) is 0 Å². The molecule has 1 aliphatic carbocycles. The van der Waals surface area contributed by atoms with Crippen molar-refractivity contribution in [3.8, 4) is 0 Å². The fourth-order valence-electron chi connectivity index (χ4n) is 3.70. The second-order valence-corrected chi connectivity index (χ2v) is 9.54. The van der Waals surface area contributed by atoms with Crippen LogP contribution in [0.15, 0.2) is 33.0 Å². The quantitative estimate of drug-likeness (QED) is 0.464. The lowest BCUT2D eigenvalue weighted by molar-refractivity contribution is -0.124. The van der Waals surface area contributed by atoms with Crippen molar-refractivity contribution >= 4 is 63.3 Å². The topological polar surface area (TPSA) is 23.6 Å². The zero-order valence-electron chi connectivity index (χ0n) is 14.0. The van der Waals surface area contributed by atoms with Crippen LogP contribution >= 0.6 is 47.3 Å². The van der Waals surface area contributed by atoms with Crippen molar-refractivity contribution in [2.45, 2.75) is 50.0 Å². The van der Waals surface area contributed by atoms with E-state index in [2.05, 4.69) is 11.8 Å². The van der Waals surface area contributed by atoms with Gasteiger partial charge in [0.25, 0.3) is 5.91 Å². The van der Waals surface area contributed by atoms with Crippen LogP contribution in [0.4, 0.5) is 5.69 Å². The molecule has 1 aromatic carbocycles. The standard InChI is InChI=1S/C18H19ClN2OS3/c1-2-20-13-10-11(19)8-9-14(13)24-17(20)15-16(22)21(18(23)25-15)12-6-4-3-5-7-12/h8-10,12H,2-7H2,1H3/b17-15-. The number of rotatable bonds is 2. The third kappa shape index (κ3) is 3.11. The van der Waals surface area contributed by atoms with Crippen molar-refractivity contribution in [2.75, 3.05) is 11.4 Å². The average molecular weight is 411 g/mol.